The van der Waals surface area contributed by atoms with Crippen LogP contribution in [0.3, 0.4) is 0 Å². The van der Waals surface area contributed by atoms with Crippen molar-refractivity contribution < 1.29 is 0 Å². The van der Waals surface area contributed by atoms with Gasteiger partial charge in [-0.05, 0) is 18.9 Å². The van der Waals surface area contributed by atoms with Gasteiger partial charge in [0.2, 0.25) is 0 Å². The fraction of sp³-hybridized carbons (Fsp3) is 0.417. The van der Waals surface area contributed by atoms with Gasteiger partial charge in [-0.2, -0.15) is 5.10 Å². The maximum Gasteiger partial charge on any atom is 0.134 e. The van der Waals surface area contributed by atoms with Gasteiger partial charge in [0.05, 0.1) is 0 Å². The highest BCUT2D eigenvalue weighted by molar-refractivity contribution is 5.46. The molecule has 0 aromatic carbocycles. The molecule has 0 aliphatic carbocycles. The lowest BCUT2D eigenvalue weighted by atomic mass is 9.95. The first-order valence-electron chi connectivity index (χ1n) is 6.14. The number of hydrogen-bond donors (Lipinski definition) is 2. The van der Waals surface area contributed by atoms with Crippen LogP contribution < -0.4 is 10.6 Å². The maximum atomic E-state index is 5.70. The van der Waals surface area contributed by atoms with E-state index >= 15 is 0 Å². The number of nitrogens with zero attached hydrogens (tertiary/aromatic N) is 4. The van der Waals surface area contributed by atoms with Gasteiger partial charge in [-0.1, -0.05) is 0 Å². The fourth-order valence-corrected chi connectivity index (χ4v) is 2.47. The van der Waals surface area contributed by atoms with E-state index < -0.39 is 0 Å². The van der Waals surface area contributed by atoms with E-state index in [0.29, 0.717) is 11.7 Å². The number of H-pyrrole nitrogens is 1. The molecule has 0 saturated carbocycles. The molecule has 1 atom stereocenters. The lowest BCUT2D eigenvalue weighted by Gasteiger charge is -2.33. The molecule has 1 aliphatic heterocycles. The Morgan fingerprint density at radius 3 is 3.11 bits per heavy atom. The number of anilines is 2. The van der Waals surface area contributed by atoms with Crippen molar-refractivity contribution >= 4 is 11.6 Å². The van der Waals surface area contributed by atoms with Crippen LogP contribution in [0.25, 0.3) is 0 Å². The molecule has 3 N–H and O–H groups in total. The van der Waals surface area contributed by atoms with E-state index in [1.807, 2.05) is 12.1 Å². The van der Waals surface area contributed by atoms with Crippen LogP contribution in [0.4, 0.5) is 11.6 Å². The van der Waals surface area contributed by atoms with Gasteiger partial charge in [-0.25, -0.2) is 9.97 Å². The largest absolute Gasteiger partial charge is 0.384 e. The summed E-state index contributed by atoms with van der Waals surface area (Å²) >= 11 is 0. The number of nitrogen functional groups attached to an aromatic ring is 1. The van der Waals surface area contributed by atoms with Crippen molar-refractivity contribution in [3.8, 4) is 0 Å². The van der Waals surface area contributed by atoms with E-state index in [4.69, 9.17) is 5.73 Å². The summed E-state index contributed by atoms with van der Waals surface area (Å²) in [5, 5.41) is 7.08. The van der Waals surface area contributed by atoms with E-state index in [2.05, 4.69) is 25.1 Å². The van der Waals surface area contributed by atoms with Crippen molar-refractivity contribution in [1.82, 2.24) is 20.2 Å². The van der Waals surface area contributed by atoms with Gasteiger partial charge < -0.3 is 10.6 Å². The molecule has 0 bridgehead atoms. The molecule has 1 unspecified atom stereocenters. The molecule has 1 saturated heterocycles. The first kappa shape index (κ1) is 11.0. The molecule has 18 heavy (non-hydrogen) atoms. The zero-order valence-corrected chi connectivity index (χ0v) is 10.1. The summed E-state index contributed by atoms with van der Waals surface area (Å²) in [6, 6.07) is 3.87. The summed E-state index contributed by atoms with van der Waals surface area (Å²) in [5.74, 6) is 1.91. The highest BCUT2D eigenvalue weighted by atomic mass is 15.2. The Labute approximate surface area is 105 Å². The van der Waals surface area contributed by atoms with Crippen molar-refractivity contribution in [2.75, 3.05) is 23.7 Å². The Morgan fingerprint density at radius 1 is 1.39 bits per heavy atom. The molecule has 1 aliphatic rings. The van der Waals surface area contributed by atoms with E-state index in [1.165, 1.54) is 18.4 Å². The Morgan fingerprint density at radius 2 is 2.33 bits per heavy atom. The summed E-state index contributed by atoms with van der Waals surface area (Å²) in [6.45, 7) is 1.96. The number of rotatable bonds is 2. The van der Waals surface area contributed by atoms with Crippen LogP contribution in [0.1, 0.15) is 24.5 Å². The van der Waals surface area contributed by atoms with Gasteiger partial charge >= 0.3 is 0 Å². The van der Waals surface area contributed by atoms with E-state index in [-0.39, 0.29) is 0 Å². The highest BCUT2D eigenvalue weighted by Gasteiger charge is 2.23. The third-order valence-electron chi connectivity index (χ3n) is 3.38. The summed E-state index contributed by atoms with van der Waals surface area (Å²) < 4.78 is 0. The zero-order valence-electron chi connectivity index (χ0n) is 10.1. The normalized spacial score (nSPS) is 20.0. The molecule has 0 amide bonds. The Hall–Kier alpha value is -2.11. The molecular formula is C12H16N6. The van der Waals surface area contributed by atoms with Crippen LogP contribution in [-0.2, 0) is 0 Å². The average molecular weight is 244 g/mol. The summed E-state index contributed by atoms with van der Waals surface area (Å²) in [4.78, 5) is 10.5. The number of nitrogens with one attached hydrogen (secondary N) is 1. The van der Waals surface area contributed by atoms with Crippen LogP contribution in [0, 0.1) is 0 Å². The summed E-state index contributed by atoms with van der Waals surface area (Å²) in [5.41, 5.74) is 6.90. The standard InChI is InChI=1S/C12H16N6/c13-11-6-12(15-8-14-11)18-5-1-2-9(7-18)10-3-4-16-17-10/h3-4,6,8-9H,1-2,5,7H2,(H,16,17)(H2,13,14,15). The SMILES string of the molecule is Nc1cc(N2CCCC(c3ccn[nH]3)C2)ncn1. The first-order valence-corrected chi connectivity index (χ1v) is 6.14. The molecule has 0 radical (unpaired) electrons. The Balaban J connectivity index is 1.78. The van der Waals surface area contributed by atoms with Crippen molar-refractivity contribution in [2.24, 2.45) is 0 Å². The highest BCUT2D eigenvalue weighted by Crippen LogP contribution is 2.28. The summed E-state index contributed by atoms with van der Waals surface area (Å²) in [6.07, 6.45) is 5.65. The molecule has 3 heterocycles. The molecule has 2 aromatic heterocycles. The van der Waals surface area contributed by atoms with Crippen molar-refractivity contribution in [2.45, 2.75) is 18.8 Å². The molecule has 6 heteroatoms. The number of aromatic nitrogens is 4. The number of aromatic amines is 1. The molecule has 6 nitrogen and oxygen atoms in total. The second-order valence-corrected chi connectivity index (χ2v) is 4.60. The topological polar surface area (TPSA) is 83.7 Å². The monoisotopic (exact) mass is 244 g/mol. The number of piperidine rings is 1. The van der Waals surface area contributed by atoms with Crippen molar-refractivity contribution in [3.63, 3.8) is 0 Å². The number of hydrogen-bond acceptors (Lipinski definition) is 5. The van der Waals surface area contributed by atoms with Gasteiger partial charge in [0, 0.05) is 37.0 Å². The third kappa shape index (κ3) is 2.13. The summed E-state index contributed by atoms with van der Waals surface area (Å²) in [7, 11) is 0. The molecule has 94 valence electrons. The molecule has 0 spiro atoms. The molecular weight excluding hydrogens is 228 g/mol. The Kier molecular flexibility index (Phi) is 2.84. The van der Waals surface area contributed by atoms with Crippen LogP contribution in [0.2, 0.25) is 0 Å². The van der Waals surface area contributed by atoms with Gasteiger partial charge in [-0.15, -0.1) is 0 Å². The average Bonchev–Trinajstić information content (AvgIpc) is 2.93. The molecule has 1 fully saturated rings. The predicted molar refractivity (Wildman–Crippen MR) is 69.2 cm³/mol. The predicted octanol–water partition coefficient (Wildman–Crippen LogP) is 1.17. The van der Waals surface area contributed by atoms with Crippen LogP contribution in [0.15, 0.2) is 24.7 Å². The molecule has 3 rings (SSSR count). The van der Waals surface area contributed by atoms with Crippen molar-refractivity contribution in [1.29, 1.82) is 0 Å². The minimum atomic E-state index is 0.484. The smallest absolute Gasteiger partial charge is 0.134 e. The van der Waals surface area contributed by atoms with Gasteiger partial charge in [0.25, 0.3) is 0 Å². The number of nitrogens with two attached hydrogens (primary N) is 1. The third-order valence-corrected chi connectivity index (χ3v) is 3.38. The van der Waals surface area contributed by atoms with Gasteiger partial charge in [-0.3, -0.25) is 5.10 Å². The second kappa shape index (κ2) is 4.64. The van der Waals surface area contributed by atoms with E-state index in [0.717, 1.165) is 25.3 Å². The fourth-order valence-electron chi connectivity index (χ4n) is 2.47. The van der Waals surface area contributed by atoms with Gasteiger partial charge in [0.15, 0.2) is 0 Å². The maximum absolute atomic E-state index is 5.70. The second-order valence-electron chi connectivity index (χ2n) is 4.60. The van der Waals surface area contributed by atoms with Crippen molar-refractivity contribution in [3.05, 3.63) is 30.4 Å². The minimum Gasteiger partial charge on any atom is -0.384 e. The zero-order chi connectivity index (χ0) is 12.4. The van der Waals surface area contributed by atoms with E-state index in [1.54, 1.807) is 6.20 Å². The van der Waals surface area contributed by atoms with Crippen LogP contribution in [0.5, 0.6) is 0 Å². The van der Waals surface area contributed by atoms with Crippen LogP contribution in [-0.4, -0.2) is 33.3 Å². The molecule has 2 aromatic rings. The van der Waals surface area contributed by atoms with Gasteiger partial charge in [0.1, 0.15) is 18.0 Å². The van der Waals surface area contributed by atoms with E-state index in [9.17, 15) is 0 Å². The Bertz CT molecular complexity index is 509. The quantitative estimate of drug-likeness (QED) is 0.828. The van der Waals surface area contributed by atoms with Crippen LogP contribution >= 0.6 is 0 Å². The first-order chi connectivity index (χ1) is 8.83. The lowest BCUT2D eigenvalue weighted by Crippen LogP contribution is -2.35. The minimum absolute atomic E-state index is 0.484. The lowest BCUT2D eigenvalue weighted by molar-refractivity contribution is 0.498.